The zero-order chi connectivity index (χ0) is 25.5. The van der Waals surface area contributed by atoms with Crippen LogP contribution >= 0.6 is 22.9 Å². The van der Waals surface area contributed by atoms with Gasteiger partial charge in [-0.1, -0.05) is 17.7 Å². The van der Waals surface area contributed by atoms with Crippen LogP contribution in [0.2, 0.25) is 5.02 Å². The third-order valence-electron chi connectivity index (χ3n) is 6.82. The van der Waals surface area contributed by atoms with Gasteiger partial charge in [0.1, 0.15) is 16.5 Å². The number of hydrogen-bond donors (Lipinski definition) is 0. The SMILES string of the molecule is Cc1csc(CN2C(=O)c3cccc(N4CCN(Cc5ccc(-c6ccc(Cl)cc6)o5)CC4)c3C2=O)n1. The van der Waals surface area contributed by atoms with Crippen LogP contribution in [0.25, 0.3) is 11.3 Å². The summed E-state index contributed by atoms with van der Waals surface area (Å²) in [5.41, 5.74) is 3.70. The molecule has 0 bridgehead atoms. The lowest BCUT2D eigenvalue weighted by molar-refractivity contribution is 0.0642. The van der Waals surface area contributed by atoms with E-state index in [9.17, 15) is 9.59 Å². The molecule has 1 saturated heterocycles. The van der Waals surface area contributed by atoms with Gasteiger partial charge >= 0.3 is 0 Å². The van der Waals surface area contributed by atoms with Crippen LogP contribution in [0, 0.1) is 6.92 Å². The normalized spacial score (nSPS) is 16.1. The summed E-state index contributed by atoms with van der Waals surface area (Å²) in [6.45, 7) is 6.00. The molecule has 9 heteroatoms. The number of amides is 2. The minimum atomic E-state index is -0.248. The lowest BCUT2D eigenvalue weighted by Crippen LogP contribution is -2.46. The number of anilines is 1. The topological polar surface area (TPSA) is 69.9 Å². The molecule has 0 aliphatic carbocycles. The quantitative estimate of drug-likeness (QED) is 0.306. The molecule has 0 saturated carbocycles. The predicted octanol–water partition coefficient (Wildman–Crippen LogP) is 5.48. The summed E-state index contributed by atoms with van der Waals surface area (Å²) in [7, 11) is 0. The molecular weight excluding hydrogens is 508 g/mol. The van der Waals surface area contributed by atoms with Crippen molar-refractivity contribution in [2.75, 3.05) is 31.1 Å². The first-order valence-electron chi connectivity index (χ1n) is 12.2. The first-order chi connectivity index (χ1) is 18.0. The first kappa shape index (κ1) is 23.9. The van der Waals surface area contributed by atoms with E-state index < -0.39 is 0 Å². The maximum absolute atomic E-state index is 13.4. The summed E-state index contributed by atoms with van der Waals surface area (Å²) in [6, 6.07) is 17.2. The van der Waals surface area contributed by atoms with Gasteiger partial charge < -0.3 is 9.32 Å². The number of hydrogen-bond acceptors (Lipinski definition) is 7. The standard InChI is InChI=1S/C28H25ClN4O3S/c1-18-17-37-25(30-18)16-33-27(34)22-3-2-4-23(26(22)28(33)35)32-13-11-31(12-14-32)15-21-9-10-24(36-21)19-5-7-20(29)8-6-19/h2-10,17H,11-16H2,1H3. The van der Waals surface area contributed by atoms with E-state index in [1.54, 1.807) is 6.07 Å². The van der Waals surface area contributed by atoms with E-state index in [2.05, 4.69) is 14.8 Å². The Morgan fingerprint density at radius 2 is 1.73 bits per heavy atom. The van der Waals surface area contributed by atoms with Crippen LogP contribution in [-0.2, 0) is 13.1 Å². The summed E-state index contributed by atoms with van der Waals surface area (Å²) in [5.74, 6) is 1.25. The molecule has 0 radical (unpaired) electrons. The second-order valence-electron chi connectivity index (χ2n) is 9.31. The van der Waals surface area contributed by atoms with Crippen molar-refractivity contribution in [1.82, 2.24) is 14.8 Å². The molecule has 4 aromatic rings. The van der Waals surface area contributed by atoms with Gasteiger partial charge in [-0.25, -0.2) is 4.98 Å². The average Bonchev–Trinajstić information content (AvgIpc) is 3.61. The van der Waals surface area contributed by atoms with Crippen molar-refractivity contribution in [3.05, 3.63) is 92.6 Å². The van der Waals surface area contributed by atoms with Gasteiger partial charge in [0.25, 0.3) is 11.8 Å². The zero-order valence-corrected chi connectivity index (χ0v) is 21.9. The molecule has 2 aromatic heterocycles. The Morgan fingerprint density at radius 1 is 0.946 bits per heavy atom. The monoisotopic (exact) mass is 532 g/mol. The minimum absolute atomic E-state index is 0.208. The summed E-state index contributed by atoms with van der Waals surface area (Å²) in [5, 5.41) is 3.39. The molecule has 0 N–H and O–H groups in total. The lowest BCUT2D eigenvalue weighted by Gasteiger charge is -2.36. The number of carbonyl (C=O) groups excluding carboxylic acids is 2. The second-order valence-corrected chi connectivity index (χ2v) is 10.7. The van der Waals surface area contributed by atoms with Crippen molar-refractivity contribution in [1.29, 1.82) is 0 Å². The largest absolute Gasteiger partial charge is 0.460 e. The third kappa shape index (κ3) is 4.68. The van der Waals surface area contributed by atoms with Crippen LogP contribution in [0.3, 0.4) is 0 Å². The number of carbonyl (C=O) groups is 2. The van der Waals surface area contributed by atoms with Gasteiger partial charge in [0.2, 0.25) is 0 Å². The van der Waals surface area contributed by atoms with Crippen LogP contribution in [-0.4, -0.2) is 52.8 Å². The Hall–Kier alpha value is -3.46. The van der Waals surface area contributed by atoms with E-state index >= 15 is 0 Å². The molecule has 6 rings (SSSR count). The van der Waals surface area contributed by atoms with Crippen LogP contribution < -0.4 is 4.90 Å². The Bertz CT molecular complexity index is 1470. The highest BCUT2D eigenvalue weighted by molar-refractivity contribution is 7.09. The van der Waals surface area contributed by atoms with Crippen molar-refractivity contribution in [2.24, 2.45) is 0 Å². The second kappa shape index (κ2) is 9.78. The van der Waals surface area contributed by atoms with Gasteiger partial charge in [-0.15, -0.1) is 11.3 Å². The van der Waals surface area contributed by atoms with Gasteiger partial charge in [-0.05, 0) is 55.5 Å². The summed E-state index contributed by atoms with van der Waals surface area (Å²) < 4.78 is 6.08. The van der Waals surface area contributed by atoms with Crippen molar-refractivity contribution in [3.8, 4) is 11.3 Å². The van der Waals surface area contributed by atoms with Crippen molar-refractivity contribution < 1.29 is 14.0 Å². The Morgan fingerprint density at radius 3 is 2.46 bits per heavy atom. The van der Waals surface area contributed by atoms with E-state index in [1.165, 1.54) is 16.2 Å². The molecular formula is C28H25ClN4O3S. The molecule has 2 amide bonds. The van der Waals surface area contributed by atoms with Gasteiger partial charge in [-0.3, -0.25) is 19.4 Å². The van der Waals surface area contributed by atoms with E-state index in [1.807, 2.05) is 60.8 Å². The fourth-order valence-corrected chi connectivity index (χ4v) is 5.82. The smallest absolute Gasteiger partial charge is 0.264 e. The number of furan rings is 1. The highest BCUT2D eigenvalue weighted by Gasteiger charge is 2.39. The van der Waals surface area contributed by atoms with Gasteiger partial charge in [0.05, 0.1) is 29.9 Å². The molecule has 7 nitrogen and oxygen atoms in total. The molecule has 1 fully saturated rings. The number of halogens is 1. The Labute approximate surface area is 223 Å². The number of piperazine rings is 1. The van der Waals surface area contributed by atoms with Gasteiger partial charge in [0.15, 0.2) is 0 Å². The summed E-state index contributed by atoms with van der Waals surface area (Å²) >= 11 is 7.46. The molecule has 0 unspecified atom stereocenters. The van der Waals surface area contributed by atoms with Crippen molar-refractivity contribution >= 4 is 40.4 Å². The van der Waals surface area contributed by atoms with Crippen LogP contribution in [0.15, 0.2) is 64.4 Å². The average molecular weight is 533 g/mol. The number of fused-ring (bicyclic) bond motifs is 1. The lowest BCUT2D eigenvalue weighted by atomic mass is 10.1. The highest BCUT2D eigenvalue weighted by Crippen LogP contribution is 2.34. The molecule has 0 atom stereocenters. The molecule has 2 aliphatic rings. The van der Waals surface area contributed by atoms with Crippen LogP contribution in [0.5, 0.6) is 0 Å². The third-order valence-corrected chi connectivity index (χ3v) is 8.02. The van der Waals surface area contributed by atoms with Gasteiger partial charge in [-0.2, -0.15) is 0 Å². The number of imide groups is 1. The van der Waals surface area contributed by atoms with E-state index in [4.69, 9.17) is 16.0 Å². The Balaban J connectivity index is 1.12. The molecule has 37 heavy (non-hydrogen) atoms. The van der Waals surface area contributed by atoms with Crippen LogP contribution in [0.1, 0.15) is 37.2 Å². The molecule has 0 spiro atoms. The van der Waals surface area contributed by atoms with Gasteiger partial charge in [0, 0.05) is 47.8 Å². The highest BCUT2D eigenvalue weighted by atomic mass is 35.5. The van der Waals surface area contributed by atoms with Crippen LogP contribution in [0.4, 0.5) is 5.69 Å². The van der Waals surface area contributed by atoms with E-state index in [-0.39, 0.29) is 18.4 Å². The first-order valence-corrected chi connectivity index (χ1v) is 13.4. The fraction of sp³-hybridized carbons (Fsp3) is 0.250. The molecule has 188 valence electrons. The number of aromatic nitrogens is 1. The zero-order valence-electron chi connectivity index (χ0n) is 20.3. The molecule has 2 aromatic carbocycles. The van der Waals surface area contributed by atoms with Crippen molar-refractivity contribution in [2.45, 2.75) is 20.0 Å². The van der Waals surface area contributed by atoms with Crippen molar-refractivity contribution in [3.63, 3.8) is 0 Å². The van der Waals surface area contributed by atoms with E-state index in [0.717, 1.165) is 59.7 Å². The minimum Gasteiger partial charge on any atom is -0.460 e. The van der Waals surface area contributed by atoms with E-state index in [0.29, 0.717) is 22.7 Å². The number of benzene rings is 2. The number of thiazole rings is 1. The number of nitrogens with zero attached hydrogens (tertiary/aromatic N) is 4. The Kier molecular flexibility index (Phi) is 6.32. The summed E-state index contributed by atoms with van der Waals surface area (Å²) in [6.07, 6.45) is 0. The molecule has 4 heterocycles. The summed E-state index contributed by atoms with van der Waals surface area (Å²) in [4.78, 5) is 36.7. The number of aryl methyl sites for hydroxylation is 1. The maximum atomic E-state index is 13.4. The molecule has 2 aliphatic heterocycles. The maximum Gasteiger partial charge on any atom is 0.264 e. The fourth-order valence-electron chi connectivity index (χ4n) is 4.93. The predicted molar refractivity (Wildman–Crippen MR) is 144 cm³/mol. The number of rotatable bonds is 6.